The van der Waals surface area contributed by atoms with Crippen molar-refractivity contribution in [1.82, 2.24) is 4.90 Å². The van der Waals surface area contributed by atoms with Gasteiger partial charge in [0, 0.05) is 17.1 Å². The number of benzene rings is 1. The molecule has 0 spiro atoms. The van der Waals surface area contributed by atoms with Crippen LogP contribution in [0.2, 0.25) is 0 Å². The Morgan fingerprint density at radius 2 is 1.66 bits per heavy atom. The lowest BCUT2D eigenvalue weighted by molar-refractivity contribution is -0.385. The number of carbonyl (C=O) groups is 1. The molecule has 0 radical (unpaired) electrons. The van der Waals surface area contributed by atoms with E-state index in [0.717, 1.165) is 56.3 Å². The quantitative estimate of drug-likeness (QED) is 0.317. The number of ether oxygens (including phenoxy) is 1. The van der Waals surface area contributed by atoms with Gasteiger partial charge >= 0.3 is 6.09 Å². The van der Waals surface area contributed by atoms with Crippen molar-refractivity contribution < 1.29 is 14.5 Å². The fourth-order valence-corrected chi connectivity index (χ4v) is 9.79. The number of amides is 1. The van der Waals surface area contributed by atoms with Crippen LogP contribution in [0.4, 0.5) is 10.5 Å². The van der Waals surface area contributed by atoms with E-state index in [9.17, 15) is 14.9 Å². The molecule has 190 valence electrons. The number of hydrogen-bond donors (Lipinski definition) is 0. The topological polar surface area (TPSA) is 72.7 Å². The van der Waals surface area contributed by atoms with Crippen molar-refractivity contribution in [1.29, 1.82) is 0 Å². The van der Waals surface area contributed by atoms with E-state index in [-0.39, 0.29) is 34.4 Å². The Morgan fingerprint density at radius 1 is 1.00 bits per heavy atom. The third kappa shape index (κ3) is 4.05. The van der Waals surface area contributed by atoms with Crippen LogP contribution >= 0.6 is 0 Å². The third-order valence-electron chi connectivity index (χ3n) is 10.5. The molecule has 1 aromatic rings. The second-order valence-corrected chi connectivity index (χ2v) is 12.8. The summed E-state index contributed by atoms with van der Waals surface area (Å²) in [6.45, 7) is 2.27. The number of nitrogens with zero attached hydrogens (tertiary/aromatic N) is 2. The van der Waals surface area contributed by atoms with Crippen molar-refractivity contribution in [3.05, 3.63) is 39.9 Å². The van der Waals surface area contributed by atoms with Crippen molar-refractivity contribution in [2.45, 2.75) is 108 Å². The lowest BCUT2D eigenvalue weighted by Crippen LogP contribution is -2.70. The maximum atomic E-state index is 14.2. The van der Waals surface area contributed by atoms with Crippen LogP contribution in [0.5, 0.6) is 0 Å². The zero-order valence-corrected chi connectivity index (χ0v) is 21.1. The fourth-order valence-electron chi connectivity index (χ4n) is 9.79. The molecule has 6 bridgehead atoms. The molecule has 6 saturated carbocycles. The third-order valence-corrected chi connectivity index (χ3v) is 10.5. The van der Waals surface area contributed by atoms with E-state index in [4.69, 9.17) is 4.74 Å². The van der Waals surface area contributed by atoms with Crippen molar-refractivity contribution in [3.8, 4) is 0 Å². The number of nitro benzene ring substituents is 1. The zero-order valence-electron chi connectivity index (χ0n) is 21.1. The fraction of sp³-hybridized carbons (Fsp3) is 0.759. The molecule has 0 aliphatic heterocycles. The van der Waals surface area contributed by atoms with Crippen LogP contribution in [0.1, 0.15) is 96.0 Å². The Kier molecular flexibility index (Phi) is 5.84. The van der Waals surface area contributed by atoms with Gasteiger partial charge in [0.2, 0.25) is 0 Å². The minimum atomic E-state index is -0.378. The highest BCUT2D eigenvalue weighted by Crippen LogP contribution is 2.62. The smallest absolute Gasteiger partial charge is 0.411 e. The molecular formula is C29H40N2O4. The van der Waals surface area contributed by atoms with Gasteiger partial charge in [-0.1, -0.05) is 38.3 Å². The van der Waals surface area contributed by atoms with Gasteiger partial charge in [-0.15, -0.1) is 0 Å². The predicted octanol–water partition coefficient (Wildman–Crippen LogP) is 7.25. The summed E-state index contributed by atoms with van der Waals surface area (Å²) in [6, 6.07) is 6.66. The first-order valence-electron chi connectivity index (χ1n) is 14.1. The molecule has 3 unspecified atom stereocenters. The largest absolute Gasteiger partial charge is 0.444 e. The molecule has 0 saturated heterocycles. The van der Waals surface area contributed by atoms with Gasteiger partial charge in [-0.2, -0.15) is 0 Å². The number of rotatable bonds is 6. The molecule has 3 atom stereocenters. The van der Waals surface area contributed by atoms with E-state index in [1.54, 1.807) is 18.2 Å². The molecule has 1 amide bonds. The molecule has 0 N–H and O–H groups in total. The first kappa shape index (κ1) is 23.3. The van der Waals surface area contributed by atoms with Crippen LogP contribution in [-0.2, 0) is 11.3 Å². The number of nitro groups is 1. The second-order valence-electron chi connectivity index (χ2n) is 12.8. The van der Waals surface area contributed by atoms with E-state index < -0.39 is 0 Å². The highest BCUT2D eigenvalue weighted by molar-refractivity contribution is 5.70. The maximum absolute atomic E-state index is 14.2. The molecule has 6 nitrogen and oxygen atoms in total. The second kappa shape index (κ2) is 8.77. The monoisotopic (exact) mass is 480 g/mol. The maximum Gasteiger partial charge on any atom is 0.411 e. The summed E-state index contributed by atoms with van der Waals surface area (Å²) in [5, 5.41) is 11.5. The Hall–Kier alpha value is -2.11. The van der Waals surface area contributed by atoms with E-state index in [0.29, 0.717) is 17.4 Å². The number of para-hydroxylation sites is 1. The lowest BCUT2D eigenvalue weighted by atomic mass is 9.51. The van der Waals surface area contributed by atoms with Gasteiger partial charge in [-0.25, -0.2) is 4.79 Å². The summed E-state index contributed by atoms with van der Waals surface area (Å²) in [7, 11) is 0. The number of hydrogen-bond acceptors (Lipinski definition) is 4. The number of carbonyl (C=O) groups excluding carboxylic acids is 1. The van der Waals surface area contributed by atoms with Gasteiger partial charge in [0.25, 0.3) is 5.69 Å². The zero-order chi connectivity index (χ0) is 24.2. The van der Waals surface area contributed by atoms with Gasteiger partial charge in [-0.3, -0.25) is 15.0 Å². The highest BCUT2D eigenvalue weighted by atomic mass is 16.6. The SMILES string of the molecule is CCC1CC2CCCC(N(C(=O)OCc3ccccc3[N+](=O)[O-])C34CC5CC(CC(C5)C3)C4)(C1)C2. The van der Waals surface area contributed by atoms with Crippen LogP contribution in [0, 0.1) is 39.7 Å². The van der Waals surface area contributed by atoms with Crippen LogP contribution in [0.15, 0.2) is 24.3 Å². The molecule has 6 fully saturated rings. The standard InChI is InChI=1S/C29H40N2O4/c1-2-20-10-21-6-5-9-28(14-20,15-21)30(29-16-22-11-23(17-29)13-24(12-22)18-29)27(32)35-19-25-7-3-4-8-26(25)31(33)34/h3-4,7-8,20-24H,2,5-6,9-19H2,1H3. The van der Waals surface area contributed by atoms with Crippen LogP contribution in [-0.4, -0.2) is 27.0 Å². The van der Waals surface area contributed by atoms with Gasteiger partial charge < -0.3 is 4.74 Å². The Morgan fingerprint density at radius 3 is 2.31 bits per heavy atom. The minimum absolute atomic E-state index is 0.0289. The lowest BCUT2D eigenvalue weighted by Gasteiger charge is -2.66. The molecule has 7 rings (SSSR count). The summed E-state index contributed by atoms with van der Waals surface area (Å²) in [5.41, 5.74) is 0.325. The van der Waals surface area contributed by atoms with Crippen LogP contribution < -0.4 is 0 Å². The van der Waals surface area contributed by atoms with Crippen LogP contribution in [0.25, 0.3) is 0 Å². The molecule has 0 aromatic heterocycles. The molecule has 0 heterocycles. The summed E-state index contributed by atoms with van der Waals surface area (Å²) < 4.78 is 6.06. The molecule has 6 aliphatic carbocycles. The molecule has 6 aliphatic rings. The van der Waals surface area contributed by atoms with E-state index in [2.05, 4.69) is 11.8 Å². The normalized spacial score (nSPS) is 39.3. The van der Waals surface area contributed by atoms with E-state index >= 15 is 0 Å². The average molecular weight is 481 g/mol. The van der Waals surface area contributed by atoms with Crippen molar-refractivity contribution in [2.24, 2.45) is 29.6 Å². The van der Waals surface area contributed by atoms with Gasteiger partial charge in [0.15, 0.2) is 0 Å². The summed E-state index contributed by atoms with van der Waals surface area (Å²) >= 11 is 0. The Bertz CT molecular complexity index is 957. The predicted molar refractivity (Wildman–Crippen MR) is 134 cm³/mol. The molecule has 6 heteroatoms. The molecule has 1 aromatic carbocycles. The van der Waals surface area contributed by atoms with Crippen molar-refractivity contribution in [3.63, 3.8) is 0 Å². The summed E-state index contributed by atoms with van der Waals surface area (Å²) in [5.74, 6) is 3.62. The average Bonchev–Trinajstić information content (AvgIpc) is 2.81. The first-order chi connectivity index (χ1) is 16.9. The van der Waals surface area contributed by atoms with Gasteiger partial charge in [0.1, 0.15) is 6.61 Å². The Labute approximate surface area is 208 Å². The van der Waals surface area contributed by atoms with E-state index in [1.165, 1.54) is 51.0 Å². The van der Waals surface area contributed by atoms with Crippen LogP contribution in [0.3, 0.4) is 0 Å². The summed E-state index contributed by atoms with van der Waals surface area (Å²) in [4.78, 5) is 27.7. The number of fused-ring (bicyclic) bond motifs is 2. The Balaban J connectivity index is 1.34. The minimum Gasteiger partial charge on any atom is -0.444 e. The van der Waals surface area contributed by atoms with Crippen molar-refractivity contribution >= 4 is 11.8 Å². The molecule has 35 heavy (non-hydrogen) atoms. The highest BCUT2D eigenvalue weighted by Gasteiger charge is 2.61. The van der Waals surface area contributed by atoms with Gasteiger partial charge in [-0.05, 0) is 99.9 Å². The van der Waals surface area contributed by atoms with Crippen molar-refractivity contribution in [2.75, 3.05) is 0 Å². The summed E-state index contributed by atoms with van der Waals surface area (Å²) in [6.07, 6.45) is 15.5. The van der Waals surface area contributed by atoms with Gasteiger partial charge in [0.05, 0.1) is 10.5 Å². The van der Waals surface area contributed by atoms with E-state index in [1.807, 2.05) is 0 Å². The first-order valence-corrected chi connectivity index (χ1v) is 14.1. The molecular weight excluding hydrogens is 440 g/mol.